The number of benzene rings is 2. The zero-order valence-corrected chi connectivity index (χ0v) is 20.5. The molecule has 0 fully saturated rings. The minimum atomic E-state index is -0.505. The molecule has 0 amide bonds. The van der Waals surface area contributed by atoms with Crippen LogP contribution in [-0.4, -0.2) is 23.1 Å². The first kappa shape index (κ1) is 25.2. The molecule has 34 heavy (non-hydrogen) atoms. The van der Waals surface area contributed by atoms with E-state index in [1.807, 2.05) is 45.0 Å². The van der Waals surface area contributed by atoms with Gasteiger partial charge in [0, 0.05) is 22.9 Å². The quantitative estimate of drug-likeness (QED) is 0.265. The third kappa shape index (κ3) is 6.11. The number of aromatic nitrogens is 2. The van der Waals surface area contributed by atoms with E-state index in [4.69, 9.17) is 16.3 Å². The zero-order valence-electron chi connectivity index (χ0n) is 19.8. The molecule has 0 radical (unpaired) electrons. The van der Waals surface area contributed by atoms with Crippen LogP contribution in [0, 0.1) is 5.82 Å². The Kier molecular flexibility index (Phi) is 8.60. The summed E-state index contributed by atoms with van der Waals surface area (Å²) in [5.41, 5.74) is 3.03. The number of ether oxygens (including phenoxy) is 1. The maximum absolute atomic E-state index is 14.8. The fraction of sp³-hybridized carbons (Fsp3) is 0.269. The van der Waals surface area contributed by atoms with Crippen molar-refractivity contribution in [3.05, 3.63) is 87.2 Å². The molecule has 3 rings (SSSR count). The first-order valence-corrected chi connectivity index (χ1v) is 11.4. The molecule has 1 aromatic heterocycles. The van der Waals surface area contributed by atoms with Crippen molar-refractivity contribution >= 4 is 23.5 Å². The summed E-state index contributed by atoms with van der Waals surface area (Å²) in [5.74, 6) is 0.228. The minimum absolute atomic E-state index is 0.121. The molecule has 0 saturated carbocycles. The number of nitrogens with zero attached hydrogens (tertiary/aromatic N) is 4. The number of allylic oxidation sites excluding steroid dienone is 2. The second-order valence-electron chi connectivity index (χ2n) is 7.91. The van der Waals surface area contributed by atoms with Gasteiger partial charge in [-0.25, -0.2) is 14.1 Å². The number of hydrogen-bond acceptors (Lipinski definition) is 5. The van der Waals surface area contributed by atoms with Gasteiger partial charge in [0.1, 0.15) is 17.3 Å². The Morgan fingerprint density at radius 2 is 1.91 bits per heavy atom. The van der Waals surface area contributed by atoms with Crippen molar-refractivity contribution in [2.75, 3.05) is 12.1 Å². The van der Waals surface area contributed by atoms with Crippen molar-refractivity contribution < 1.29 is 9.13 Å². The summed E-state index contributed by atoms with van der Waals surface area (Å²) in [6.45, 7) is 5.94. The Balaban J connectivity index is 1.97. The van der Waals surface area contributed by atoms with E-state index in [1.54, 1.807) is 31.7 Å². The summed E-state index contributed by atoms with van der Waals surface area (Å²) >= 11 is 5.95. The molecule has 178 valence electrons. The van der Waals surface area contributed by atoms with Crippen LogP contribution >= 0.6 is 11.6 Å². The first-order chi connectivity index (χ1) is 16.3. The van der Waals surface area contributed by atoms with Gasteiger partial charge in [-0.3, -0.25) is 4.79 Å². The molecule has 0 unspecified atom stereocenters. The van der Waals surface area contributed by atoms with Crippen molar-refractivity contribution in [2.24, 2.45) is 5.10 Å². The summed E-state index contributed by atoms with van der Waals surface area (Å²) in [6.07, 6.45) is 5.01. The molecule has 0 atom stereocenters. The van der Waals surface area contributed by atoms with Gasteiger partial charge in [0.05, 0.1) is 25.5 Å². The van der Waals surface area contributed by atoms with E-state index in [9.17, 15) is 9.18 Å². The highest BCUT2D eigenvalue weighted by Crippen LogP contribution is 2.28. The molecular formula is C26H28ClFN4O2. The number of halogens is 2. The van der Waals surface area contributed by atoms with E-state index in [0.717, 1.165) is 29.7 Å². The zero-order chi connectivity index (χ0) is 24.7. The van der Waals surface area contributed by atoms with E-state index in [1.165, 1.54) is 21.8 Å². The molecule has 8 heteroatoms. The van der Waals surface area contributed by atoms with E-state index >= 15 is 0 Å². The topological polar surface area (TPSA) is 59.7 Å². The van der Waals surface area contributed by atoms with Gasteiger partial charge in [-0.15, -0.1) is 0 Å². The van der Waals surface area contributed by atoms with Crippen molar-refractivity contribution in [2.45, 2.75) is 40.2 Å². The summed E-state index contributed by atoms with van der Waals surface area (Å²) < 4.78 is 21.4. The van der Waals surface area contributed by atoms with Crippen LogP contribution in [0.1, 0.15) is 33.6 Å². The van der Waals surface area contributed by atoms with Crippen LogP contribution < -0.4 is 15.3 Å². The smallest absolute Gasteiger partial charge is 0.267 e. The van der Waals surface area contributed by atoms with Crippen LogP contribution in [0.3, 0.4) is 0 Å². The lowest BCUT2D eigenvalue weighted by Crippen LogP contribution is -2.29. The minimum Gasteiger partial charge on any atom is -0.497 e. The number of hydrogen-bond donors (Lipinski definition) is 0. The normalized spacial score (nSPS) is 11.0. The van der Waals surface area contributed by atoms with Gasteiger partial charge in [-0.05, 0) is 56.2 Å². The second kappa shape index (κ2) is 11.6. The Morgan fingerprint density at radius 3 is 2.50 bits per heavy atom. The fourth-order valence-electron chi connectivity index (χ4n) is 3.27. The van der Waals surface area contributed by atoms with Crippen molar-refractivity contribution in [3.8, 4) is 16.9 Å². The van der Waals surface area contributed by atoms with E-state index in [2.05, 4.69) is 10.2 Å². The van der Waals surface area contributed by atoms with Gasteiger partial charge < -0.3 is 4.74 Å². The van der Waals surface area contributed by atoms with Gasteiger partial charge >= 0.3 is 0 Å². The monoisotopic (exact) mass is 482 g/mol. The first-order valence-electron chi connectivity index (χ1n) is 11.0. The average Bonchev–Trinajstić information content (AvgIpc) is 2.82. The summed E-state index contributed by atoms with van der Waals surface area (Å²) in [7, 11) is 1.60. The summed E-state index contributed by atoms with van der Waals surface area (Å²) in [4.78, 5) is 12.9. The van der Waals surface area contributed by atoms with E-state index in [0.29, 0.717) is 16.3 Å². The lowest BCUT2D eigenvalue weighted by atomic mass is 10.1. The summed E-state index contributed by atoms with van der Waals surface area (Å²) in [5, 5.41) is 10.7. The summed E-state index contributed by atoms with van der Waals surface area (Å²) in [6, 6.07) is 13.4. The number of methoxy groups -OCH3 is 1. The Labute approximate surface area is 203 Å². The highest BCUT2D eigenvalue weighted by atomic mass is 35.5. The molecule has 0 aliphatic rings. The molecular weight excluding hydrogens is 455 g/mol. The largest absolute Gasteiger partial charge is 0.497 e. The maximum atomic E-state index is 14.8. The molecule has 0 spiro atoms. The Hall–Kier alpha value is -3.45. The molecule has 1 heterocycles. The van der Waals surface area contributed by atoms with Crippen LogP contribution in [-0.2, 0) is 6.54 Å². The highest BCUT2D eigenvalue weighted by molar-refractivity contribution is 6.30. The van der Waals surface area contributed by atoms with Gasteiger partial charge in [0.25, 0.3) is 5.56 Å². The third-order valence-electron chi connectivity index (χ3n) is 5.18. The second-order valence-corrected chi connectivity index (χ2v) is 8.35. The number of anilines is 1. The van der Waals surface area contributed by atoms with Crippen LogP contribution in [0.4, 0.5) is 10.1 Å². The predicted molar refractivity (Wildman–Crippen MR) is 136 cm³/mol. The number of unbranched alkanes of at least 4 members (excludes halogenated alkanes) is 1. The predicted octanol–water partition coefficient (Wildman–Crippen LogP) is 6.30. The van der Waals surface area contributed by atoms with Gasteiger partial charge in [0.15, 0.2) is 0 Å². The van der Waals surface area contributed by atoms with Crippen LogP contribution in [0.15, 0.2) is 75.9 Å². The van der Waals surface area contributed by atoms with Crippen LogP contribution in [0.2, 0.25) is 5.02 Å². The van der Waals surface area contributed by atoms with Crippen molar-refractivity contribution in [3.63, 3.8) is 0 Å². The van der Waals surface area contributed by atoms with E-state index < -0.39 is 5.82 Å². The lowest BCUT2D eigenvalue weighted by molar-refractivity contribution is 0.415. The third-order valence-corrected chi connectivity index (χ3v) is 5.41. The SMILES string of the molecule is CCC/C=N/N(C(Cn1ncc(-c2ccc(OC)cc2)cc1=O)=C(C)C)c1ccc(Cl)cc1F. The van der Waals surface area contributed by atoms with Crippen molar-refractivity contribution in [1.29, 1.82) is 0 Å². The molecule has 2 aromatic carbocycles. The van der Waals surface area contributed by atoms with E-state index in [-0.39, 0.29) is 17.8 Å². The molecule has 0 bridgehead atoms. The molecule has 0 N–H and O–H groups in total. The molecule has 3 aromatic rings. The molecule has 0 aliphatic carbocycles. The average molecular weight is 483 g/mol. The molecule has 6 nitrogen and oxygen atoms in total. The molecule has 0 aliphatic heterocycles. The van der Waals surface area contributed by atoms with Crippen LogP contribution in [0.5, 0.6) is 5.75 Å². The molecule has 0 saturated heterocycles. The lowest BCUT2D eigenvalue weighted by Gasteiger charge is -2.25. The van der Waals surface area contributed by atoms with Gasteiger partial charge in [-0.2, -0.15) is 10.2 Å². The van der Waals surface area contributed by atoms with Crippen molar-refractivity contribution in [1.82, 2.24) is 9.78 Å². The Morgan fingerprint density at radius 1 is 1.18 bits per heavy atom. The fourth-order valence-corrected chi connectivity index (χ4v) is 3.43. The standard InChI is InChI=1S/C26H28ClFN4O2/c1-5-6-13-29-32(24-12-9-21(27)15-23(24)28)25(18(2)3)17-31-26(33)14-20(16-30-31)19-7-10-22(34-4)11-8-19/h7-16H,5-6,17H2,1-4H3/b29-13+. The Bertz CT molecular complexity index is 1250. The highest BCUT2D eigenvalue weighted by Gasteiger charge is 2.19. The number of hydrazone groups is 1. The maximum Gasteiger partial charge on any atom is 0.267 e. The van der Waals surface area contributed by atoms with Crippen LogP contribution in [0.25, 0.3) is 11.1 Å². The van der Waals surface area contributed by atoms with Gasteiger partial charge in [-0.1, -0.05) is 42.7 Å². The van der Waals surface area contributed by atoms with Gasteiger partial charge in [0.2, 0.25) is 0 Å². The number of rotatable bonds is 9.